The van der Waals surface area contributed by atoms with E-state index >= 15 is 0 Å². The summed E-state index contributed by atoms with van der Waals surface area (Å²) in [4.78, 5) is 14.8. The van der Waals surface area contributed by atoms with Crippen molar-refractivity contribution in [3.05, 3.63) is 77.2 Å². The SMILES string of the molecule is C=CC1C[C@H](OC(=O)C2(c3cccs3)CCCCCC2)C1CCNCc1cc(-c2ccccc2)no1. The third kappa shape index (κ3) is 5.35. The third-order valence-corrected chi connectivity index (χ3v) is 9.09. The van der Waals surface area contributed by atoms with Gasteiger partial charge in [-0.25, -0.2) is 0 Å². The zero-order chi connectivity index (χ0) is 24.8. The fraction of sp³-hybridized carbons (Fsp3) is 0.467. The fourth-order valence-electron chi connectivity index (χ4n) is 5.81. The Morgan fingerprint density at radius 3 is 2.69 bits per heavy atom. The zero-order valence-electron chi connectivity index (χ0n) is 20.9. The van der Waals surface area contributed by atoms with E-state index in [1.54, 1.807) is 11.3 Å². The van der Waals surface area contributed by atoms with Crippen LogP contribution in [0.2, 0.25) is 0 Å². The van der Waals surface area contributed by atoms with E-state index in [1.165, 1.54) is 17.7 Å². The van der Waals surface area contributed by atoms with E-state index in [0.29, 0.717) is 18.4 Å². The summed E-state index contributed by atoms with van der Waals surface area (Å²) in [6.45, 7) is 5.47. The van der Waals surface area contributed by atoms with Gasteiger partial charge in [0.1, 0.15) is 17.2 Å². The molecule has 0 radical (unpaired) electrons. The molecule has 0 spiro atoms. The molecule has 190 valence electrons. The van der Waals surface area contributed by atoms with E-state index in [-0.39, 0.29) is 12.1 Å². The van der Waals surface area contributed by atoms with Crippen molar-refractivity contribution in [3.8, 4) is 11.3 Å². The molecule has 3 atom stereocenters. The Morgan fingerprint density at radius 1 is 1.17 bits per heavy atom. The summed E-state index contributed by atoms with van der Waals surface area (Å²) in [7, 11) is 0. The zero-order valence-corrected chi connectivity index (χ0v) is 21.7. The van der Waals surface area contributed by atoms with Crippen molar-refractivity contribution in [3.63, 3.8) is 0 Å². The number of rotatable bonds is 10. The summed E-state index contributed by atoms with van der Waals surface area (Å²) in [5.41, 5.74) is 1.44. The third-order valence-electron chi connectivity index (χ3n) is 8.02. The molecule has 2 aliphatic rings. The second-order valence-corrected chi connectivity index (χ2v) is 11.2. The van der Waals surface area contributed by atoms with Crippen LogP contribution in [0.3, 0.4) is 0 Å². The molecule has 0 bridgehead atoms. The molecule has 36 heavy (non-hydrogen) atoms. The van der Waals surface area contributed by atoms with Crippen LogP contribution in [0.4, 0.5) is 0 Å². The number of thiophene rings is 1. The van der Waals surface area contributed by atoms with Gasteiger partial charge in [0.05, 0.1) is 6.54 Å². The molecule has 2 aliphatic carbocycles. The molecule has 2 fully saturated rings. The van der Waals surface area contributed by atoms with E-state index in [2.05, 4.69) is 34.6 Å². The summed E-state index contributed by atoms with van der Waals surface area (Å²) < 4.78 is 11.8. The maximum Gasteiger partial charge on any atom is 0.317 e. The number of hydrogen-bond acceptors (Lipinski definition) is 6. The molecule has 5 rings (SSSR count). The largest absolute Gasteiger partial charge is 0.461 e. The monoisotopic (exact) mass is 504 g/mol. The van der Waals surface area contributed by atoms with Gasteiger partial charge in [-0.05, 0) is 49.6 Å². The summed E-state index contributed by atoms with van der Waals surface area (Å²) in [6.07, 6.45) is 10.2. The first-order valence-electron chi connectivity index (χ1n) is 13.3. The van der Waals surface area contributed by atoms with Crippen molar-refractivity contribution in [1.29, 1.82) is 0 Å². The van der Waals surface area contributed by atoms with Crippen molar-refractivity contribution in [2.24, 2.45) is 11.8 Å². The molecule has 0 saturated heterocycles. The van der Waals surface area contributed by atoms with Crippen molar-refractivity contribution in [2.75, 3.05) is 6.54 Å². The average molecular weight is 505 g/mol. The number of carbonyl (C=O) groups excluding carboxylic acids is 1. The van der Waals surface area contributed by atoms with E-state index in [9.17, 15) is 4.79 Å². The Morgan fingerprint density at radius 2 is 1.97 bits per heavy atom. The van der Waals surface area contributed by atoms with E-state index in [0.717, 1.165) is 62.1 Å². The highest BCUT2D eigenvalue weighted by atomic mass is 32.1. The Hall–Kier alpha value is -2.70. The van der Waals surface area contributed by atoms with Crippen molar-refractivity contribution in [2.45, 2.75) is 69.4 Å². The van der Waals surface area contributed by atoms with Crippen LogP contribution in [0.15, 0.2) is 71.1 Å². The number of allylic oxidation sites excluding steroid dienone is 1. The van der Waals surface area contributed by atoms with Crippen LogP contribution in [-0.2, 0) is 21.5 Å². The number of aromatic nitrogens is 1. The number of ether oxygens (including phenoxy) is 1. The average Bonchev–Trinajstić information content (AvgIpc) is 3.55. The highest BCUT2D eigenvalue weighted by Crippen LogP contribution is 2.45. The Kier molecular flexibility index (Phi) is 8.02. The van der Waals surface area contributed by atoms with Crippen LogP contribution < -0.4 is 5.32 Å². The van der Waals surface area contributed by atoms with E-state index in [4.69, 9.17) is 9.26 Å². The lowest BCUT2D eigenvalue weighted by Gasteiger charge is -2.44. The molecule has 2 heterocycles. The number of nitrogens with one attached hydrogen (secondary N) is 1. The number of hydrogen-bond donors (Lipinski definition) is 1. The number of benzene rings is 1. The topological polar surface area (TPSA) is 64.4 Å². The van der Waals surface area contributed by atoms with Gasteiger partial charge in [-0.1, -0.05) is 73.3 Å². The van der Waals surface area contributed by atoms with Gasteiger partial charge in [0.15, 0.2) is 5.76 Å². The van der Waals surface area contributed by atoms with Gasteiger partial charge < -0.3 is 14.6 Å². The second kappa shape index (κ2) is 11.6. The molecule has 0 amide bonds. The Labute approximate surface area is 217 Å². The molecular formula is C30H36N2O3S. The van der Waals surface area contributed by atoms with Gasteiger partial charge in [0.2, 0.25) is 0 Å². The summed E-state index contributed by atoms with van der Waals surface area (Å²) >= 11 is 1.70. The summed E-state index contributed by atoms with van der Waals surface area (Å²) in [5.74, 6) is 1.51. The molecule has 2 aromatic heterocycles. The van der Waals surface area contributed by atoms with E-state index < -0.39 is 5.41 Å². The van der Waals surface area contributed by atoms with Crippen molar-refractivity contribution < 1.29 is 14.1 Å². The molecule has 0 aliphatic heterocycles. The fourth-order valence-corrected chi connectivity index (χ4v) is 6.78. The normalized spacial score (nSPS) is 23.4. The van der Waals surface area contributed by atoms with Gasteiger partial charge in [-0.3, -0.25) is 4.79 Å². The number of carbonyl (C=O) groups is 1. The van der Waals surface area contributed by atoms with Crippen molar-refractivity contribution in [1.82, 2.24) is 10.5 Å². The minimum atomic E-state index is -0.463. The second-order valence-electron chi connectivity index (χ2n) is 10.2. The lowest BCUT2D eigenvalue weighted by molar-refractivity contribution is -0.169. The highest BCUT2D eigenvalue weighted by molar-refractivity contribution is 7.10. The van der Waals surface area contributed by atoms with Gasteiger partial charge in [-0.15, -0.1) is 17.9 Å². The standard InChI is InChI=1S/C30H36N2O3S/c1-2-22-19-27(34-29(33)30(28-13-10-18-36-28)15-8-3-4-9-16-30)25(22)14-17-31-21-24-20-26(32-35-24)23-11-6-5-7-12-23/h2,5-7,10-13,18,20,22,25,27,31H,1,3-4,8-9,14-17,19,21H2/t22?,25?,27-/m0/s1. The predicted molar refractivity (Wildman–Crippen MR) is 144 cm³/mol. The first-order valence-corrected chi connectivity index (χ1v) is 14.2. The molecule has 2 unspecified atom stereocenters. The van der Waals surface area contributed by atoms with Crippen molar-refractivity contribution >= 4 is 17.3 Å². The molecular weight excluding hydrogens is 468 g/mol. The highest BCUT2D eigenvalue weighted by Gasteiger charge is 2.47. The van der Waals surface area contributed by atoms with Crippen LogP contribution in [0.5, 0.6) is 0 Å². The maximum absolute atomic E-state index is 13.7. The van der Waals surface area contributed by atoms with Crippen LogP contribution in [0, 0.1) is 11.8 Å². The lowest BCUT2D eigenvalue weighted by Crippen LogP contribution is -2.48. The number of esters is 1. The molecule has 1 N–H and O–H groups in total. The molecule has 1 aromatic carbocycles. The lowest BCUT2D eigenvalue weighted by atomic mass is 9.69. The van der Waals surface area contributed by atoms with Gasteiger partial charge in [0, 0.05) is 22.4 Å². The molecule has 6 heteroatoms. The molecule has 2 saturated carbocycles. The van der Waals surface area contributed by atoms with Crippen LogP contribution in [-0.4, -0.2) is 23.8 Å². The van der Waals surface area contributed by atoms with Gasteiger partial charge in [-0.2, -0.15) is 0 Å². The van der Waals surface area contributed by atoms with Gasteiger partial charge in [0.25, 0.3) is 0 Å². The smallest absolute Gasteiger partial charge is 0.317 e. The van der Waals surface area contributed by atoms with Crippen LogP contribution in [0.1, 0.15) is 62.0 Å². The minimum Gasteiger partial charge on any atom is -0.461 e. The van der Waals surface area contributed by atoms with Crippen LogP contribution >= 0.6 is 11.3 Å². The van der Waals surface area contributed by atoms with Gasteiger partial charge >= 0.3 is 5.97 Å². The molecule has 3 aromatic rings. The van der Waals surface area contributed by atoms with Crippen LogP contribution in [0.25, 0.3) is 11.3 Å². The quantitative estimate of drug-likeness (QED) is 0.141. The predicted octanol–water partition coefficient (Wildman–Crippen LogP) is 6.91. The molecule has 5 nitrogen and oxygen atoms in total. The Balaban J connectivity index is 1.15. The maximum atomic E-state index is 13.7. The first-order chi connectivity index (χ1) is 17.7. The van der Waals surface area contributed by atoms with E-state index in [1.807, 2.05) is 42.5 Å². The summed E-state index contributed by atoms with van der Waals surface area (Å²) in [5, 5.41) is 9.75. The first kappa shape index (κ1) is 25.0. The minimum absolute atomic E-state index is 0.00702. The summed E-state index contributed by atoms with van der Waals surface area (Å²) in [6, 6.07) is 16.2. The number of nitrogens with zero attached hydrogens (tertiary/aromatic N) is 1. The Bertz CT molecular complexity index is 1120.